The maximum Gasteiger partial charge on any atom is 0.383 e. The van der Waals surface area contributed by atoms with E-state index in [1.807, 2.05) is 0 Å². The van der Waals surface area contributed by atoms with Crippen LogP contribution in [0.3, 0.4) is 0 Å². The van der Waals surface area contributed by atoms with Crippen molar-refractivity contribution in [1.29, 1.82) is 0 Å². The Morgan fingerprint density at radius 3 is 2.23 bits per heavy atom. The Balaban J connectivity index is 0.00000121. The first-order valence-corrected chi connectivity index (χ1v) is 7.52. The van der Waals surface area contributed by atoms with Crippen molar-refractivity contribution >= 4 is 30.0 Å². The quantitative estimate of drug-likeness (QED) is 0.435. The van der Waals surface area contributed by atoms with E-state index in [9.17, 15) is 5.21 Å². The SMILES string of the molecule is Cl.Nc1cc(N2CCC3(CCCCC3)CC2)nc(N)[n+]1O.[Cl-]. The minimum atomic E-state index is 0. The number of hydrogen-bond donors (Lipinski definition) is 3. The predicted molar refractivity (Wildman–Crippen MR) is 84.7 cm³/mol. The van der Waals surface area contributed by atoms with Crippen molar-refractivity contribution in [1.82, 2.24) is 4.98 Å². The van der Waals surface area contributed by atoms with Gasteiger partial charge in [-0.15, -0.1) is 12.4 Å². The second-order valence-corrected chi connectivity index (χ2v) is 6.26. The molecule has 2 heterocycles. The van der Waals surface area contributed by atoms with Crippen LogP contribution in [-0.2, 0) is 0 Å². The van der Waals surface area contributed by atoms with Crippen molar-refractivity contribution in [3.8, 4) is 0 Å². The first-order chi connectivity index (χ1) is 9.60. The highest BCUT2D eigenvalue weighted by molar-refractivity contribution is 5.85. The molecule has 0 aromatic carbocycles. The lowest BCUT2D eigenvalue weighted by Gasteiger charge is -2.44. The fourth-order valence-electron chi connectivity index (χ4n) is 3.70. The molecule has 8 heteroatoms. The van der Waals surface area contributed by atoms with E-state index < -0.39 is 0 Å². The molecule has 0 unspecified atom stereocenters. The molecule has 126 valence electrons. The maximum absolute atomic E-state index is 9.51. The van der Waals surface area contributed by atoms with Gasteiger partial charge in [0.1, 0.15) is 0 Å². The molecular formula is C14H25Cl2N5O. The van der Waals surface area contributed by atoms with Crippen molar-refractivity contribution in [2.75, 3.05) is 29.5 Å². The minimum absolute atomic E-state index is 0. The maximum atomic E-state index is 9.51. The number of nitrogen functional groups attached to an aromatic ring is 2. The second kappa shape index (κ2) is 7.42. The van der Waals surface area contributed by atoms with E-state index >= 15 is 0 Å². The van der Waals surface area contributed by atoms with Crippen molar-refractivity contribution < 1.29 is 22.3 Å². The lowest BCUT2D eigenvalue weighted by atomic mass is 9.68. The van der Waals surface area contributed by atoms with E-state index in [2.05, 4.69) is 9.88 Å². The largest absolute Gasteiger partial charge is 1.00 e. The van der Waals surface area contributed by atoms with Crippen molar-refractivity contribution in [3.63, 3.8) is 0 Å². The summed E-state index contributed by atoms with van der Waals surface area (Å²) in [6.07, 6.45) is 9.37. The average Bonchev–Trinajstić information content (AvgIpc) is 2.46. The molecule has 6 nitrogen and oxygen atoms in total. The van der Waals surface area contributed by atoms with Gasteiger partial charge >= 0.3 is 5.95 Å². The highest BCUT2D eigenvalue weighted by Crippen LogP contribution is 2.44. The van der Waals surface area contributed by atoms with Gasteiger partial charge in [-0.2, -0.15) is 0 Å². The topological polar surface area (TPSA) is 92.3 Å². The summed E-state index contributed by atoms with van der Waals surface area (Å²) in [6.45, 7) is 2.00. The Kier molecular flexibility index (Phi) is 6.38. The molecule has 1 aromatic rings. The van der Waals surface area contributed by atoms with Gasteiger partial charge < -0.3 is 34.0 Å². The van der Waals surface area contributed by atoms with Crippen LogP contribution in [0, 0.1) is 5.41 Å². The summed E-state index contributed by atoms with van der Waals surface area (Å²) in [5.41, 5.74) is 12.0. The lowest BCUT2D eigenvalue weighted by Crippen LogP contribution is -3.00. The fourth-order valence-corrected chi connectivity index (χ4v) is 3.70. The van der Waals surface area contributed by atoms with Crippen LogP contribution in [0.1, 0.15) is 44.9 Å². The van der Waals surface area contributed by atoms with Gasteiger partial charge in [-0.05, 0) is 35.8 Å². The summed E-state index contributed by atoms with van der Waals surface area (Å²) in [7, 11) is 0. The Bertz CT molecular complexity index is 475. The van der Waals surface area contributed by atoms with E-state index in [0.717, 1.165) is 23.6 Å². The van der Waals surface area contributed by atoms with Gasteiger partial charge in [0.25, 0.3) is 0 Å². The molecule has 1 aliphatic carbocycles. The predicted octanol–water partition coefficient (Wildman–Crippen LogP) is -1.25. The van der Waals surface area contributed by atoms with E-state index in [4.69, 9.17) is 11.5 Å². The van der Waals surface area contributed by atoms with E-state index in [-0.39, 0.29) is 36.6 Å². The van der Waals surface area contributed by atoms with Gasteiger partial charge in [0, 0.05) is 13.1 Å². The molecular weight excluding hydrogens is 325 g/mol. The van der Waals surface area contributed by atoms with Crippen LogP contribution in [0.15, 0.2) is 6.07 Å². The second-order valence-electron chi connectivity index (χ2n) is 6.26. The molecule has 3 rings (SSSR count). The van der Waals surface area contributed by atoms with Crippen LogP contribution in [0.4, 0.5) is 17.6 Å². The molecule has 1 aromatic heterocycles. The molecule has 2 aliphatic rings. The number of rotatable bonds is 1. The monoisotopic (exact) mass is 349 g/mol. The van der Waals surface area contributed by atoms with Gasteiger partial charge in [0.2, 0.25) is 5.82 Å². The number of hydrogen-bond acceptors (Lipinski definition) is 5. The molecule has 0 amide bonds. The van der Waals surface area contributed by atoms with Crippen LogP contribution in [0.5, 0.6) is 0 Å². The van der Waals surface area contributed by atoms with Gasteiger partial charge in [0.15, 0.2) is 5.82 Å². The molecule has 1 saturated carbocycles. The summed E-state index contributed by atoms with van der Waals surface area (Å²) >= 11 is 0. The molecule has 1 aliphatic heterocycles. The molecule has 0 bridgehead atoms. The summed E-state index contributed by atoms with van der Waals surface area (Å²) in [4.78, 5) is 6.46. The molecule has 1 saturated heterocycles. The normalized spacial score (nSPS) is 20.1. The lowest BCUT2D eigenvalue weighted by molar-refractivity contribution is -0.883. The fraction of sp³-hybridized carbons (Fsp3) is 0.714. The van der Waals surface area contributed by atoms with Crippen LogP contribution < -0.4 is 33.5 Å². The van der Waals surface area contributed by atoms with E-state index in [1.165, 1.54) is 44.9 Å². The van der Waals surface area contributed by atoms with Gasteiger partial charge in [-0.1, -0.05) is 24.2 Å². The van der Waals surface area contributed by atoms with E-state index in [0.29, 0.717) is 5.41 Å². The molecule has 0 radical (unpaired) electrons. The molecule has 0 atom stereocenters. The molecule has 1 spiro atoms. The summed E-state index contributed by atoms with van der Waals surface area (Å²) in [6, 6.07) is 1.69. The smallest absolute Gasteiger partial charge is 0.383 e. The average molecular weight is 350 g/mol. The highest BCUT2D eigenvalue weighted by Gasteiger charge is 2.36. The molecule has 22 heavy (non-hydrogen) atoms. The third-order valence-electron chi connectivity index (χ3n) is 5.03. The van der Waals surface area contributed by atoms with Crippen LogP contribution >= 0.6 is 12.4 Å². The Morgan fingerprint density at radius 2 is 1.68 bits per heavy atom. The van der Waals surface area contributed by atoms with Crippen LogP contribution in [0.25, 0.3) is 0 Å². The highest BCUT2D eigenvalue weighted by atomic mass is 35.5. The van der Waals surface area contributed by atoms with Crippen molar-refractivity contribution in [3.05, 3.63) is 6.07 Å². The Morgan fingerprint density at radius 1 is 1.09 bits per heavy atom. The number of anilines is 3. The third kappa shape index (κ3) is 3.60. The molecule has 2 fully saturated rings. The van der Waals surface area contributed by atoms with Gasteiger partial charge in [0.05, 0.1) is 6.07 Å². The summed E-state index contributed by atoms with van der Waals surface area (Å²) < 4.78 is 0.718. The number of halogens is 2. The number of nitrogens with two attached hydrogens (primary N) is 2. The Hall–Kier alpha value is -1.14. The number of nitrogens with zero attached hydrogens (tertiary/aromatic N) is 3. The zero-order valence-corrected chi connectivity index (χ0v) is 14.2. The van der Waals surface area contributed by atoms with Crippen molar-refractivity contribution in [2.45, 2.75) is 44.9 Å². The Labute approximate surface area is 143 Å². The van der Waals surface area contributed by atoms with Gasteiger partial charge in [-0.3, -0.25) is 0 Å². The summed E-state index contributed by atoms with van der Waals surface area (Å²) in [5, 5.41) is 9.51. The third-order valence-corrected chi connectivity index (χ3v) is 5.03. The number of aromatic nitrogens is 2. The van der Waals surface area contributed by atoms with Crippen LogP contribution in [-0.4, -0.2) is 23.3 Å². The standard InChI is InChI=1S/C14H23N5O.2ClH/c15-11-10-12(17-13(16)19(11)20)18-8-6-14(7-9-18)4-2-1-3-5-14;;/h10,20H,1-9H2,(H3,15,16,17);2*1H. The van der Waals surface area contributed by atoms with Crippen molar-refractivity contribution in [2.24, 2.45) is 5.41 Å². The minimum Gasteiger partial charge on any atom is -1.00 e. The summed E-state index contributed by atoms with van der Waals surface area (Å²) in [5.74, 6) is 1.04. The number of piperidine rings is 1. The van der Waals surface area contributed by atoms with Gasteiger partial charge in [-0.25, -0.2) is 0 Å². The zero-order chi connectivity index (χ0) is 14.2. The van der Waals surface area contributed by atoms with Crippen LogP contribution in [0.2, 0.25) is 0 Å². The van der Waals surface area contributed by atoms with E-state index in [1.54, 1.807) is 6.07 Å². The molecule has 5 N–H and O–H groups in total. The first kappa shape index (κ1) is 18.9. The first-order valence-electron chi connectivity index (χ1n) is 7.52. The zero-order valence-electron chi connectivity index (χ0n) is 12.7.